The predicted octanol–water partition coefficient (Wildman–Crippen LogP) is 3.12. The molecular formula is C20H26N2O4Si. The van der Waals surface area contributed by atoms with E-state index in [1.165, 1.54) is 4.90 Å². The van der Waals surface area contributed by atoms with Crippen LogP contribution in [0.25, 0.3) is 0 Å². The average molecular weight is 387 g/mol. The highest BCUT2D eigenvalue weighted by atomic mass is 28.3. The van der Waals surface area contributed by atoms with Gasteiger partial charge in [0.1, 0.15) is 0 Å². The van der Waals surface area contributed by atoms with Crippen molar-refractivity contribution in [2.24, 2.45) is 11.8 Å². The van der Waals surface area contributed by atoms with Gasteiger partial charge in [-0.15, -0.1) is 0 Å². The standard InChI is InChI=1S/C20H26N2O4Si/c1-27(2,3)9-8-26-20(25)21-16-11-12-10-15(12)17(16)22-18(23)13-6-4-5-7-14(13)19(22)24/h4-7,12,15-17H,8-11H2,1-3H3,(H,21,25)/t12-,15-,16-,17+/m0/s1. The minimum absolute atomic E-state index is 0.227. The number of ether oxygens (including phenoxy) is 1. The zero-order valence-electron chi connectivity index (χ0n) is 16.0. The second-order valence-electron chi connectivity index (χ2n) is 9.11. The third-order valence-electron chi connectivity index (χ3n) is 5.90. The first-order valence-electron chi connectivity index (χ1n) is 9.66. The first-order valence-corrected chi connectivity index (χ1v) is 13.4. The minimum atomic E-state index is -1.26. The second-order valence-corrected chi connectivity index (χ2v) is 14.7. The Morgan fingerprint density at radius 3 is 2.37 bits per heavy atom. The molecule has 1 aromatic carbocycles. The fraction of sp³-hybridized carbons (Fsp3) is 0.550. The molecule has 144 valence electrons. The number of nitrogens with one attached hydrogen (secondary N) is 1. The Hall–Kier alpha value is -2.15. The fourth-order valence-corrected chi connectivity index (χ4v) is 5.08. The summed E-state index contributed by atoms with van der Waals surface area (Å²) < 4.78 is 5.35. The number of imide groups is 1. The van der Waals surface area contributed by atoms with E-state index in [1.807, 2.05) is 0 Å². The molecule has 2 saturated carbocycles. The third-order valence-corrected chi connectivity index (χ3v) is 7.60. The Balaban J connectivity index is 1.44. The number of carbonyl (C=O) groups excluding carboxylic acids is 3. The van der Waals surface area contributed by atoms with Crippen LogP contribution in [-0.4, -0.2) is 49.6 Å². The Morgan fingerprint density at radius 2 is 1.78 bits per heavy atom. The van der Waals surface area contributed by atoms with Gasteiger partial charge in [-0.05, 0) is 42.9 Å². The normalized spacial score (nSPS) is 28.8. The summed E-state index contributed by atoms with van der Waals surface area (Å²) in [6, 6.07) is 7.35. The lowest BCUT2D eigenvalue weighted by molar-refractivity contribution is 0.0535. The number of alkyl carbamates (subject to hydrolysis) is 1. The molecule has 1 aromatic rings. The molecule has 3 aliphatic rings. The van der Waals surface area contributed by atoms with Gasteiger partial charge < -0.3 is 10.1 Å². The number of carbonyl (C=O) groups is 3. The van der Waals surface area contributed by atoms with Crippen LogP contribution in [0.1, 0.15) is 33.6 Å². The highest BCUT2D eigenvalue weighted by Gasteiger charge is 2.59. The van der Waals surface area contributed by atoms with E-state index in [9.17, 15) is 14.4 Å². The summed E-state index contributed by atoms with van der Waals surface area (Å²) in [4.78, 5) is 39.3. The van der Waals surface area contributed by atoms with E-state index in [-0.39, 0.29) is 23.9 Å². The maximum Gasteiger partial charge on any atom is 0.407 e. The maximum atomic E-state index is 12.8. The zero-order chi connectivity index (χ0) is 19.3. The molecule has 3 amide bonds. The number of rotatable bonds is 5. The Kier molecular flexibility index (Phi) is 4.37. The number of amides is 3. The molecule has 0 aromatic heterocycles. The molecule has 0 spiro atoms. The second kappa shape index (κ2) is 6.47. The monoisotopic (exact) mass is 386 g/mol. The Morgan fingerprint density at radius 1 is 1.15 bits per heavy atom. The number of nitrogens with zero attached hydrogens (tertiary/aromatic N) is 1. The molecule has 0 radical (unpaired) electrons. The van der Waals surface area contributed by atoms with E-state index in [0.717, 1.165) is 18.9 Å². The van der Waals surface area contributed by atoms with E-state index >= 15 is 0 Å². The minimum Gasteiger partial charge on any atom is -0.450 e. The van der Waals surface area contributed by atoms with Gasteiger partial charge >= 0.3 is 6.09 Å². The number of hydrogen-bond donors (Lipinski definition) is 1. The molecule has 0 bridgehead atoms. The van der Waals surface area contributed by atoms with Gasteiger partial charge in [0.2, 0.25) is 0 Å². The van der Waals surface area contributed by atoms with Crippen LogP contribution in [0.2, 0.25) is 25.7 Å². The predicted molar refractivity (Wildman–Crippen MR) is 103 cm³/mol. The van der Waals surface area contributed by atoms with Crippen molar-refractivity contribution >= 4 is 26.0 Å². The van der Waals surface area contributed by atoms with Gasteiger partial charge in [0, 0.05) is 8.07 Å². The largest absolute Gasteiger partial charge is 0.450 e. The highest BCUT2D eigenvalue weighted by Crippen LogP contribution is 2.54. The van der Waals surface area contributed by atoms with E-state index < -0.39 is 14.2 Å². The molecule has 2 fully saturated rings. The maximum absolute atomic E-state index is 12.8. The van der Waals surface area contributed by atoms with Gasteiger partial charge in [-0.3, -0.25) is 14.5 Å². The number of hydrogen-bond acceptors (Lipinski definition) is 4. The van der Waals surface area contributed by atoms with Gasteiger partial charge in [0.05, 0.1) is 29.8 Å². The van der Waals surface area contributed by atoms with Crippen molar-refractivity contribution in [3.63, 3.8) is 0 Å². The number of benzene rings is 1. The van der Waals surface area contributed by atoms with E-state index in [1.54, 1.807) is 24.3 Å². The van der Waals surface area contributed by atoms with Gasteiger partial charge in [-0.2, -0.15) is 0 Å². The summed E-state index contributed by atoms with van der Waals surface area (Å²) >= 11 is 0. The highest BCUT2D eigenvalue weighted by molar-refractivity contribution is 6.76. The van der Waals surface area contributed by atoms with Crippen LogP contribution in [0.3, 0.4) is 0 Å². The van der Waals surface area contributed by atoms with Crippen LogP contribution < -0.4 is 5.32 Å². The Bertz CT molecular complexity index is 768. The third kappa shape index (κ3) is 3.40. The van der Waals surface area contributed by atoms with Gasteiger partial charge in [0.25, 0.3) is 11.8 Å². The number of fused-ring (bicyclic) bond motifs is 2. The Labute approximate surface area is 160 Å². The molecule has 1 aliphatic heterocycles. The van der Waals surface area contributed by atoms with Crippen molar-refractivity contribution < 1.29 is 19.1 Å². The molecule has 6 nitrogen and oxygen atoms in total. The molecule has 0 saturated heterocycles. The average Bonchev–Trinajstić information content (AvgIpc) is 3.20. The molecule has 2 aliphatic carbocycles. The topological polar surface area (TPSA) is 75.7 Å². The summed E-state index contributed by atoms with van der Waals surface area (Å²) in [6.45, 7) is 7.12. The van der Waals surface area contributed by atoms with Crippen LogP contribution in [0, 0.1) is 11.8 Å². The first kappa shape index (κ1) is 18.2. The molecule has 27 heavy (non-hydrogen) atoms. The van der Waals surface area contributed by atoms with Gasteiger partial charge in [-0.1, -0.05) is 31.8 Å². The SMILES string of the molecule is C[Si](C)(C)CCOC(=O)N[C@H]1C[C@@H]2C[C@@H]2[C@H]1N1C(=O)c2ccccc2C1=O. The van der Waals surface area contributed by atoms with Gasteiger partial charge in [-0.25, -0.2) is 4.79 Å². The van der Waals surface area contributed by atoms with Crippen molar-refractivity contribution in [1.82, 2.24) is 10.2 Å². The van der Waals surface area contributed by atoms with E-state index in [0.29, 0.717) is 29.6 Å². The summed E-state index contributed by atoms with van der Waals surface area (Å²) in [5.74, 6) is 0.283. The van der Waals surface area contributed by atoms with Crippen LogP contribution in [0.15, 0.2) is 24.3 Å². The van der Waals surface area contributed by atoms with Crippen molar-refractivity contribution in [2.45, 2.75) is 50.6 Å². The lowest BCUT2D eigenvalue weighted by atomic mass is 10.1. The van der Waals surface area contributed by atoms with Crippen molar-refractivity contribution in [1.29, 1.82) is 0 Å². The molecule has 1 heterocycles. The smallest absolute Gasteiger partial charge is 0.407 e. The molecule has 7 heteroatoms. The summed E-state index contributed by atoms with van der Waals surface area (Å²) in [5, 5.41) is 2.93. The molecule has 1 N–H and O–H groups in total. The van der Waals surface area contributed by atoms with Gasteiger partial charge in [0.15, 0.2) is 0 Å². The quantitative estimate of drug-likeness (QED) is 0.623. The summed E-state index contributed by atoms with van der Waals surface area (Å²) in [6.07, 6.45) is 1.37. The van der Waals surface area contributed by atoms with Crippen LogP contribution in [0.4, 0.5) is 4.79 Å². The first-order chi connectivity index (χ1) is 12.8. The fourth-order valence-electron chi connectivity index (χ4n) is 4.36. The van der Waals surface area contributed by atoms with Crippen LogP contribution >= 0.6 is 0 Å². The van der Waals surface area contributed by atoms with Crippen LogP contribution in [-0.2, 0) is 4.74 Å². The molecule has 4 rings (SSSR count). The lowest BCUT2D eigenvalue weighted by Crippen LogP contribution is -2.53. The van der Waals surface area contributed by atoms with E-state index in [2.05, 4.69) is 25.0 Å². The van der Waals surface area contributed by atoms with Crippen molar-refractivity contribution in [3.05, 3.63) is 35.4 Å². The summed E-state index contributed by atoms with van der Waals surface area (Å²) in [7, 11) is -1.26. The van der Waals surface area contributed by atoms with E-state index in [4.69, 9.17) is 4.74 Å². The summed E-state index contributed by atoms with van der Waals surface area (Å²) in [5.41, 5.74) is 0.922. The molecule has 4 atom stereocenters. The lowest BCUT2D eigenvalue weighted by Gasteiger charge is -2.30. The molecular weight excluding hydrogens is 360 g/mol. The van der Waals surface area contributed by atoms with Crippen molar-refractivity contribution in [3.8, 4) is 0 Å². The van der Waals surface area contributed by atoms with Crippen LogP contribution in [0.5, 0.6) is 0 Å². The molecule has 0 unspecified atom stereocenters. The zero-order valence-corrected chi connectivity index (χ0v) is 17.0. The van der Waals surface area contributed by atoms with Crippen molar-refractivity contribution in [2.75, 3.05) is 6.61 Å².